The van der Waals surface area contributed by atoms with Crippen LogP contribution in [0.5, 0.6) is 0 Å². The molecular formula is C10H18N2O5. The first kappa shape index (κ1) is 13.7. The molecule has 1 heterocycles. The fourth-order valence-corrected chi connectivity index (χ4v) is 1.75. The number of carbonyl (C=O) groups excluding carboxylic acids is 1. The highest BCUT2D eigenvalue weighted by Crippen LogP contribution is 2.17. The number of aliphatic hydroxyl groups excluding tert-OH is 1. The van der Waals surface area contributed by atoms with Crippen LogP contribution >= 0.6 is 0 Å². The largest absolute Gasteiger partial charge is 0.480 e. The summed E-state index contributed by atoms with van der Waals surface area (Å²) in [5.41, 5.74) is 0. The Hall–Kier alpha value is -1.34. The molecule has 0 bridgehead atoms. The number of aliphatic carboxylic acids is 1. The van der Waals surface area contributed by atoms with Crippen LogP contribution in [0.2, 0.25) is 0 Å². The third-order valence-corrected chi connectivity index (χ3v) is 2.55. The van der Waals surface area contributed by atoms with Crippen LogP contribution in [0.3, 0.4) is 0 Å². The summed E-state index contributed by atoms with van der Waals surface area (Å²) in [5.74, 6) is -1.10. The van der Waals surface area contributed by atoms with Crippen LogP contribution < -0.4 is 5.32 Å². The molecule has 7 heteroatoms. The van der Waals surface area contributed by atoms with E-state index in [4.69, 9.17) is 9.84 Å². The molecule has 1 saturated heterocycles. The standard InChI is InChI=1S/C10H18N2O5/c1-2-17-4-3-11-10(16)12-6-7(13)5-8(12)9(14)15/h7-8,13H,2-6H2,1H3,(H,11,16)(H,14,15)/t7-,8-/m1/s1. The van der Waals surface area contributed by atoms with Gasteiger partial charge in [0, 0.05) is 26.1 Å². The lowest BCUT2D eigenvalue weighted by molar-refractivity contribution is -0.141. The molecule has 0 aromatic carbocycles. The number of amides is 2. The number of β-amino-alcohol motifs (C(OH)–C–C–N with tert-alkyl or cyclic N) is 1. The molecule has 1 aliphatic heterocycles. The van der Waals surface area contributed by atoms with Gasteiger partial charge in [-0.2, -0.15) is 0 Å². The molecule has 17 heavy (non-hydrogen) atoms. The number of carboxylic acids is 1. The first-order valence-corrected chi connectivity index (χ1v) is 5.59. The molecule has 0 aliphatic carbocycles. The lowest BCUT2D eigenvalue weighted by Gasteiger charge is -2.21. The zero-order chi connectivity index (χ0) is 12.8. The highest BCUT2D eigenvalue weighted by atomic mass is 16.5. The van der Waals surface area contributed by atoms with Crippen molar-refractivity contribution >= 4 is 12.0 Å². The highest BCUT2D eigenvalue weighted by molar-refractivity contribution is 5.83. The van der Waals surface area contributed by atoms with E-state index in [1.807, 2.05) is 6.92 Å². The van der Waals surface area contributed by atoms with Crippen molar-refractivity contribution in [3.8, 4) is 0 Å². The van der Waals surface area contributed by atoms with Gasteiger partial charge >= 0.3 is 12.0 Å². The molecule has 0 spiro atoms. The quantitative estimate of drug-likeness (QED) is 0.554. The number of nitrogens with zero attached hydrogens (tertiary/aromatic N) is 1. The van der Waals surface area contributed by atoms with Gasteiger partial charge < -0.3 is 25.2 Å². The molecule has 3 N–H and O–H groups in total. The number of hydrogen-bond acceptors (Lipinski definition) is 4. The van der Waals surface area contributed by atoms with Crippen molar-refractivity contribution in [3.05, 3.63) is 0 Å². The molecule has 2 atom stereocenters. The second kappa shape index (κ2) is 6.41. The Morgan fingerprint density at radius 1 is 1.53 bits per heavy atom. The van der Waals surface area contributed by atoms with Gasteiger partial charge in [-0.25, -0.2) is 9.59 Å². The summed E-state index contributed by atoms with van der Waals surface area (Å²) in [6.07, 6.45) is -0.692. The smallest absolute Gasteiger partial charge is 0.326 e. The molecule has 2 amide bonds. The summed E-state index contributed by atoms with van der Waals surface area (Å²) in [7, 11) is 0. The maximum absolute atomic E-state index is 11.7. The minimum atomic E-state index is -1.10. The molecule has 7 nitrogen and oxygen atoms in total. The number of urea groups is 1. The molecule has 0 unspecified atom stereocenters. The van der Waals surface area contributed by atoms with Crippen molar-refractivity contribution in [1.82, 2.24) is 10.2 Å². The van der Waals surface area contributed by atoms with Crippen molar-refractivity contribution in [2.24, 2.45) is 0 Å². The first-order chi connectivity index (χ1) is 8.06. The van der Waals surface area contributed by atoms with Gasteiger partial charge in [0.1, 0.15) is 6.04 Å². The second-order valence-electron chi connectivity index (χ2n) is 3.82. The Morgan fingerprint density at radius 3 is 2.82 bits per heavy atom. The van der Waals surface area contributed by atoms with Crippen LogP contribution in [0.25, 0.3) is 0 Å². The van der Waals surface area contributed by atoms with Gasteiger partial charge in [-0.1, -0.05) is 0 Å². The summed E-state index contributed by atoms with van der Waals surface area (Å²) >= 11 is 0. The summed E-state index contributed by atoms with van der Waals surface area (Å²) < 4.78 is 5.04. The van der Waals surface area contributed by atoms with Crippen LogP contribution in [0.15, 0.2) is 0 Å². The molecule has 98 valence electrons. The van der Waals surface area contributed by atoms with Gasteiger partial charge in [0.15, 0.2) is 0 Å². The normalized spacial score (nSPS) is 23.8. The number of nitrogens with one attached hydrogen (secondary N) is 1. The van der Waals surface area contributed by atoms with E-state index >= 15 is 0 Å². The molecule has 0 saturated carbocycles. The van der Waals surface area contributed by atoms with Crippen molar-refractivity contribution in [2.75, 3.05) is 26.3 Å². The Bertz CT molecular complexity index is 284. The van der Waals surface area contributed by atoms with Crippen molar-refractivity contribution in [2.45, 2.75) is 25.5 Å². The van der Waals surface area contributed by atoms with E-state index in [1.54, 1.807) is 0 Å². The van der Waals surface area contributed by atoms with Gasteiger partial charge in [-0.15, -0.1) is 0 Å². The average Bonchev–Trinajstić information content (AvgIpc) is 2.66. The summed E-state index contributed by atoms with van der Waals surface area (Å²) in [4.78, 5) is 23.7. The predicted octanol–water partition coefficient (Wildman–Crippen LogP) is -0.748. The van der Waals surface area contributed by atoms with Gasteiger partial charge in [0.2, 0.25) is 0 Å². The number of aliphatic hydroxyl groups is 1. The van der Waals surface area contributed by atoms with E-state index < -0.39 is 24.1 Å². The van der Waals surface area contributed by atoms with Gasteiger partial charge in [0.25, 0.3) is 0 Å². The second-order valence-corrected chi connectivity index (χ2v) is 3.82. The summed E-state index contributed by atoms with van der Waals surface area (Å²) in [6.45, 7) is 3.18. The van der Waals surface area contributed by atoms with E-state index in [9.17, 15) is 14.7 Å². The van der Waals surface area contributed by atoms with E-state index in [-0.39, 0.29) is 13.0 Å². The van der Waals surface area contributed by atoms with Crippen LogP contribution in [-0.2, 0) is 9.53 Å². The van der Waals surface area contributed by atoms with Crippen LogP contribution in [0.1, 0.15) is 13.3 Å². The van der Waals surface area contributed by atoms with Gasteiger partial charge in [-0.05, 0) is 6.92 Å². The third kappa shape index (κ3) is 3.86. The fraction of sp³-hybridized carbons (Fsp3) is 0.800. The van der Waals surface area contributed by atoms with Crippen LogP contribution in [0.4, 0.5) is 4.79 Å². The van der Waals surface area contributed by atoms with E-state index in [2.05, 4.69) is 5.32 Å². The molecule has 1 aliphatic rings. The SMILES string of the molecule is CCOCCNC(=O)N1C[C@H](O)C[C@@H]1C(=O)O. The Labute approximate surface area is 99.4 Å². The van der Waals surface area contributed by atoms with Gasteiger partial charge in [0.05, 0.1) is 12.7 Å². The maximum Gasteiger partial charge on any atom is 0.326 e. The molecule has 1 fully saturated rings. The van der Waals surface area contributed by atoms with Crippen molar-refractivity contribution in [1.29, 1.82) is 0 Å². The number of ether oxygens (including phenoxy) is 1. The lowest BCUT2D eigenvalue weighted by atomic mass is 10.2. The van der Waals surface area contributed by atoms with Crippen LogP contribution in [0, 0.1) is 0 Å². The van der Waals surface area contributed by atoms with Gasteiger partial charge in [-0.3, -0.25) is 0 Å². The molecule has 1 rings (SSSR count). The van der Waals surface area contributed by atoms with E-state index in [0.717, 1.165) is 4.90 Å². The van der Waals surface area contributed by atoms with E-state index in [1.165, 1.54) is 0 Å². The molecular weight excluding hydrogens is 228 g/mol. The fourth-order valence-electron chi connectivity index (χ4n) is 1.75. The predicted molar refractivity (Wildman–Crippen MR) is 58.6 cm³/mol. The topological polar surface area (TPSA) is 99.1 Å². The number of carboxylic acid groups (broad SMARTS) is 1. The number of hydrogen-bond donors (Lipinski definition) is 3. The number of likely N-dealkylation sites (tertiary alicyclic amines) is 1. The number of rotatable bonds is 5. The third-order valence-electron chi connectivity index (χ3n) is 2.55. The molecule has 0 radical (unpaired) electrons. The Morgan fingerprint density at radius 2 is 2.24 bits per heavy atom. The minimum Gasteiger partial charge on any atom is -0.480 e. The highest BCUT2D eigenvalue weighted by Gasteiger charge is 2.38. The van der Waals surface area contributed by atoms with Crippen molar-refractivity contribution < 1.29 is 24.5 Å². The molecule has 0 aromatic rings. The summed E-state index contributed by atoms with van der Waals surface area (Å²) in [6, 6.07) is -1.43. The minimum absolute atomic E-state index is 0.0530. The van der Waals surface area contributed by atoms with Crippen molar-refractivity contribution in [3.63, 3.8) is 0 Å². The lowest BCUT2D eigenvalue weighted by Crippen LogP contribution is -2.46. The maximum atomic E-state index is 11.7. The Kier molecular flexibility index (Phi) is 5.17. The Balaban J connectivity index is 2.41. The zero-order valence-electron chi connectivity index (χ0n) is 9.76. The first-order valence-electron chi connectivity index (χ1n) is 5.59. The average molecular weight is 246 g/mol. The number of carbonyl (C=O) groups is 2. The molecule has 0 aromatic heterocycles. The van der Waals surface area contributed by atoms with Crippen LogP contribution in [-0.4, -0.2) is 65.6 Å². The monoisotopic (exact) mass is 246 g/mol. The summed E-state index contributed by atoms with van der Waals surface area (Å²) in [5, 5.41) is 20.8. The zero-order valence-corrected chi connectivity index (χ0v) is 9.76. The van der Waals surface area contributed by atoms with E-state index in [0.29, 0.717) is 19.8 Å².